The van der Waals surface area contributed by atoms with Crippen LogP contribution in [0, 0.1) is 0 Å². The summed E-state index contributed by atoms with van der Waals surface area (Å²) in [6.07, 6.45) is 22.4. The number of amides is 4. The molecule has 20 rings (SSSR count). The monoisotopic (exact) mass is 1970 g/mol. The zero-order valence-electron chi connectivity index (χ0n) is 75.3. The molecule has 4 aromatic heterocycles. The second-order valence-corrected chi connectivity index (χ2v) is 40.7. The topological polar surface area (TPSA) is 196 Å². The molecule has 6 unspecified atom stereocenters. The van der Waals surface area contributed by atoms with Crippen molar-refractivity contribution in [1.29, 1.82) is 0 Å². The van der Waals surface area contributed by atoms with Crippen molar-refractivity contribution in [3.63, 3.8) is 0 Å². The van der Waals surface area contributed by atoms with E-state index in [1.165, 1.54) is 66.8 Å². The van der Waals surface area contributed by atoms with Gasteiger partial charge in [-0.3, -0.25) is 39.5 Å². The Morgan fingerprint density at radius 1 is 0.300 bits per heavy atom. The lowest BCUT2D eigenvalue weighted by Gasteiger charge is -2.40. The molecule has 4 amide bonds. The zero-order valence-corrected chi connectivity index (χ0v) is 81.5. The van der Waals surface area contributed by atoms with Crippen molar-refractivity contribution in [1.82, 2.24) is 78.7 Å². The fraction of sp³-hybridized carbons (Fsp3) is 0.520. The van der Waals surface area contributed by atoms with E-state index in [-0.39, 0.29) is 73.0 Å². The number of hydrogen-bond acceptors (Lipinski definition) is 20. The summed E-state index contributed by atoms with van der Waals surface area (Å²) in [7, 11) is 8.40. The molecule has 0 spiro atoms. The summed E-state index contributed by atoms with van der Waals surface area (Å²) in [5.41, 5.74) is 19.9. The van der Waals surface area contributed by atoms with Gasteiger partial charge in [0.15, 0.2) is 0 Å². The van der Waals surface area contributed by atoms with Gasteiger partial charge in [0.2, 0.25) is 0 Å². The first-order valence-corrected chi connectivity index (χ1v) is 50.0. The number of ether oxygens (including phenoxy) is 4. The van der Waals surface area contributed by atoms with Crippen molar-refractivity contribution in [3.8, 4) is 0 Å². The maximum absolute atomic E-state index is 12.8. The van der Waals surface area contributed by atoms with Gasteiger partial charge >= 0.3 is 24.4 Å². The number of piperazine rings is 4. The van der Waals surface area contributed by atoms with Gasteiger partial charge in [0, 0.05) is 198 Å². The second kappa shape index (κ2) is 43.8. The lowest BCUT2D eigenvalue weighted by molar-refractivity contribution is 0.0154. The second-order valence-electron chi connectivity index (χ2n) is 37.2. The van der Waals surface area contributed by atoms with Crippen molar-refractivity contribution in [2.24, 2.45) is 0 Å². The van der Waals surface area contributed by atoms with Gasteiger partial charge in [0.05, 0.1) is 46.9 Å². The highest BCUT2D eigenvalue weighted by atomic mass is 79.9. The van der Waals surface area contributed by atoms with Gasteiger partial charge in [-0.15, -0.1) is 0 Å². The number of likely N-dealkylation sites (tertiary alicyclic amines) is 4. The highest BCUT2D eigenvalue weighted by Crippen LogP contribution is 2.44. The van der Waals surface area contributed by atoms with Gasteiger partial charge in [-0.2, -0.15) is 0 Å². The Morgan fingerprint density at radius 3 is 0.862 bits per heavy atom. The van der Waals surface area contributed by atoms with Crippen molar-refractivity contribution >= 4 is 103 Å². The summed E-state index contributed by atoms with van der Waals surface area (Å²) in [6, 6.07) is 38.1. The third-order valence-corrected chi connectivity index (χ3v) is 30.2. The lowest BCUT2D eigenvalue weighted by Crippen LogP contribution is -2.51. The molecule has 692 valence electrons. The summed E-state index contributed by atoms with van der Waals surface area (Å²) in [6.45, 7) is 19.4. The van der Waals surface area contributed by atoms with E-state index in [4.69, 9.17) is 85.3 Å². The number of aryl methyl sites for hydroxylation is 8. The highest BCUT2D eigenvalue weighted by Gasteiger charge is 2.41. The Balaban J connectivity index is 0.000000121. The first kappa shape index (κ1) is 94.1. The molecule has 4 aliphatic carbocycles. The predicted octanol–water partition coefficient (Wildman–Crippen LogP) is 16.6. The fourth-order valence-electron chi connectivity index (χ4n) is 21.2. The molecule has 0 N–H and O–H groups in total. The number of rotatable bonds is 8. The number of benzene rings is 4. The standard InChI is InChI=1S/2C25H30BrClN4O2.2C25H31ClN4O2/c1-29-8-6-21(7-9-29)33-25(32)31-12-10-30(11-13-31)24-22-5-4-20(27)15-17(22)2-3-18-14-19(26)16-28-23(18)24;1-29-8-2-3-21(16-29)33-25(32)31-11-9-30(10-12-31)24-22-7-6-20(27)14-17(22)4-5-18-13-19(26)15-28-23(18)24;1-28-11-3-5-21(17-28)32-25(31)30-14-12-29(13-15-30)24-22-9-8-20(26)16-19(22)7-6-18-4-2-10-27-23(18)24;1-28-11-8-21(9-12-28)32-25(31)30-15-13-29(14-16-30)24-22-7-6-20(26)17-19(22)5-4-18-3-2-10-27-23(18)24/h4-5,14-16,21,24H,2-3,6-13H2,1H3;6-7,13-15,21,24H,2-5,8-12,16H2,1H3;2,4,8-10,16,21,24H,3,5-7,11-15,17H2,1H3;2-3,6-7,10,17,21,24H,4-5,8-9,11-16H2,1H3. The number of fused-ring (bicyclic) bond motifs is 8. The number of hydrogen-bond donors (Lipinski definition) is 0. The van der Waals surface area contributed by atoms with Crippen LogP contribution in [0.25, 0.3) is 0 Å². The van der Waals surface area contributed by atoms with Crippen LogP contribution in [-0.4, -0.2) is 313 Å². The third kappa shape index (κ3) is 23.1. The van der Waals surface area contributed by atoms with Crippen molar-refractivity contribution in [3.05, 3.63) is 253 Å². The minimum atomic E-state index is -0.176. The molecule has 8 aliphatic heterocycles. The summed E-state index contributed by atoms with van der Waals surface area (Å²) < 4.78 is 25.3. The van der Waals surface area contributed by atoms with Crippen LogP contribution < -0.4 is 0 Å². The van der Waals surface area contributed by atoms with Crippen LogP contribution in [0.4, 0.5) is 19.2 Å². The molecular weight excluding hydrogens is 1850 g/mol. The molecule has 8 saturated heterocycles. The number of likely N-dealkylation sites (N-methyl/N-ethyl adjacent to an activating group) is 2. The van der Waals surface area contributed by atoms with Gasteiger partial charge in [-0.25, -0.2) is 19.2 Å². The Kier molecular flexibility index (Phi) is 31.7. The number of halogens is 6. The van der Waals surface area contributed by atoms with E-state index in [1.54, 1.807) is 0 Å². The molecule has 12 heterocycles. The third-order valence-electron chi connectivity index (χ3n) is 28.4. The zero-order chi connectivity index (χ0) is 90.1. The summed E-state index contributed by atoms with van der Waals surface area (Å²) >= 11 is 32.5. The maximum Gasteiger partial charge on any atom is 0.410 e. The molecule has 24 nitrogen and oxygen atoms in total. The average Bonchev–Trinajstić information content (AvgIpc) is 1.62. The Bertz CT molecular complexity index is 5170. The van der Waals surface area contributed by atoms with E-state index >= 15 is 0 Å². The van der Waals surface area contributed by atoms with Crippen LogP contribution in [-0.2, 0) is 70.3 Å². The lowest BCUT2D eigenvalue weighted by atomic mass is 9.96. The smallest absolute Gasteiger partial charge is 0.410 e. The average molecular weight is 1980 g/mol. The number of aromatic nitrogens is 4. The van der Waals surface area contributed by atoms with E-state index in [0.29, 0.717) is 52.4 Å². The molecule has 8 fully saturated rings. The number of pyridine rings is 4. The molecule has 30 heteroatoms. The minimum Gasteiger partial charge on any atom is -0.446 e. The van der Waals surface area contributed by atoms with Crippen LogP contribution in [0.1, 0.15) is 165 Å². The van der Waals surface area contributed by atoms with Crippen LogP contribution >= 0.6 is 78.3 Å². The SMILES string of the molecule is CN1CCC(OC(=O)N2CCN(C3c4ccc(Cl)cc4CCc4cc(Br)cnc43)CC2)CC1.CN1CCC(OC(=O)N2CCN(C3c4ccc(Cl)cc4CCc4cccnc43)CC2)CC1.CN1CCCC(OC(=O)N2CCN(C3c4ccc(Cl)cc4CCc4cc(Br)cnc43)CC2)C1.CN1CCCC(OC(=O)N2CCN(C3c4ccc(Cl)cc4CCc4cccnc43)CC2)C1. The summed E-state index contributed by atoms with van der Waals surface area (Å²) in [4.78, 5) is 96.8. The molecule has 0 saturated carbocycles. The fourth-order valence-corrected chi connectivity index (χ4v) is 22.8. The molecule has 6 atom stereocenters. The molecule has 0 radical (unpaired) electrons. The maximum atomic E-state index is 12.8. The predicted molar refractivity (Wildman–Crippen MR) is 516 cm³/mol. The first-order chi connectivity index (χ1) is 63.1. The van der Waals surface area contributed by atoms with Gasteiger partial charge in [-0.05, 0) is 315 Å². The van der Waals surface area contributed by atoms with E-state index in [0.717, 1.165) is 259 Å². The van der Waals surface area contributed by atoms with Crippen molar-refractivity contribution in [2.45, 2.75) is 151 Å². The van der Waals surface area contributed by atoms with Gasteiger partial charge in [0.25, 0.3) is 0 Å². The summed E-state index contributed by atoms with van der Waals surface area (Å²) in [5, 5.41) is 3.10. The molecular formula is C100H122Br2Cl4N16O8. The minimum absolute atomic E-state index is 0.00212. The molecule has 4 aromatic carbocycles. The quantitative estimate of drug-likeness (QED) is 0.130. The molecule has 130 heavy (non-hydrogen) atoms. The van der Waals surface area contributed by atoms with E-state index in [1.807, 2.05) is 80.8 Å². The number of carbonyl (C=O) groups excluding carboxylic acids is 4. The highest BCUT2D eigenvalue weighted by molar-refractivity contribution is 9.10. The Hall–Kier alpha value is -7.64. The Labute approximate surface area is 802 Å². The van der Waals surface area contributed by atoms with Crippen LogP contribution in [0.3, 0.4) is 0 Å². The Morgan fingerprint density at radius 2 is 0.569 bits per heavy atom. The van der Waals surface area contributed by atoms with Crippen molar-refractivity contribution < 1.29 is 38.1 Å². The number of piperidine rings is 4. The summed E-state index contributed by atoms with van der Waals surface area (Å²) in [5.74, 6) is 0. The number of carbonyl (C=O) groups is 4. The van der Waals surface area contributed by atoms with Gasteiger partial charge < -0.3 is 58.1 Å². The van der Waals surface area contributed by atoms with Crippen LogP contribution in [0.2, 0.25) is 20.1 Å². The largest absolute Gasteiger partial charge is 0.446 e. The molecule has 12 aliphatic rings. The van der Waals surface area contributed by atoms with Crippen molar-refractivity contribution in [2.75, 3.05) is 185 Å². The van der Waals surface area contributed by atoms with Gasteiger partial charge in [0.1, 0.15) is 24.4 Å². The molecule has 0 bridgehead atoms. The molecule has 8 aromatic rings. The number of nitrogens with zero attached hydrogens (tertiary/aromatic N) is 16. The van der Waals surface area contributed by atoms with E-state index in [2.05, 4.69) is 172 Å². The van der Waals surface area contributed by atoms with Crippen LogP contribution in [0.15, 0.2) is 143 Å². The van der Waals surface area contributed by atoms with E-state index < -0.39 is 0 Å². The normalized spacial score (nSPS) is 23.4. The van der Waals surface area contributed by atoms with Gasteiger partial charge in [-0.1, -0.05) is 82.8 Å². The van der Waals surface area contributed by atoms with E-state index in [9.17, 15) is 19.2 Å². The van der Waals surface area contributed by atoms with Crippen LogP contribution in [0.5, 0.6) is 0 Å². The first-order valence-electron chi connectivity index (χ1n) is 46.9.